The van der Waals surface area contributed by atoms with Crippen molar-refractivity contribution in [1.29, 1.82) is 0 Å². The molecule has 20 heavy (non-hydrogen) atoms. The third kappa shape index (κ3) is 2.72. The Morgan fingerprint density at radius 1 is 1.20 bits per heavy atom. The molecule has 0 saturated carbocycles. The first kappa shape index (κ1) is 12.9. The van der Waals surface area contributed by atoms with E-state index in [9.17, 15) is 4.79 Å². The minimum Gasteiger partial charge on any atom is -0.346 e. The summed E-state index contributed by atoms with van der Waals surface area (Å²) in [4.78, 5) is 12.0. The molecule has 0 radical (unpaired) electrons. The van der Waals surface area contributed by atoms with Crippen molar-refractivity contribution in [3.8, 4) is 0 Å². The Bertz CT molecular complexity index is 733. The molecule has 5 heteroatoms. The molecule has 0 spiro atoms. The lowest BCUT2D eigenvalue weighted by Crippen LogP contribution is -2.22. The second-order valence-corrected chi connectivity index (χ2v) is 5.31. The maximum absolute atomic E-state index is 12.0. The number of carbonyl (C=O) groups is 1. The number of nitrogens with one attached hydrogen (secondary N) is 1. The lowest BCUT2D eigenvalue weighted by molar-refractivity contribution is 0.0950. The van der Waals surface area contributed by atoms with Crippen LogP contribution >= 0.6 is 15.9 Å². The molecule has 0 atom stereocenters. The molecular weight excluding hydrogens is 318 g/mol. The fourth-order valence-electron chi connectivity index (χ4n) is 1.98. The van der Waals surface area contributed by atoms with Crippen LogP contribution in [0.3, 0.4) is 0 Å². The van der Waals surface area contributed by atoms with Crippen LogP contribution in [0.25, 0.3) is 5.52 Å². The van der Waals surface area contributed by atoms with E-state index in [1.807, 2.05) is 42.6 Å². The van der Waals surface area contributed by atoms with Gasteiger partial charge in [-0.2, -0.15) is 5.10 Å². The summed E-state index contributed by atoms with van der Waals surface area (Å²) in [6.07, 6.45) is 1.88. The first-order valence-corrected chi connectivity index (χ1v) is 6.99. The average Bonchev–Trinajstić information content (AvgIpc) is 2.87. The number of hydrogen-bond donors (Lipinski definition) is 1. The highest BCUT2D eigenvalue weighted by molar-refractivity contribution is 9.10. The fraction of sp³-hybridized carbons (Fsp3) is 0.0667. The van der Waals surface area contributed by atoms with Crippen molar-refractivity contribution in [2.75, 3.05) is 0 Å². The second kappa shape index (κ2) is 5.46. The van der Waals surface area contributed by atoms with Gasteiger partial charge in [0.1, 0.15) is 0 Å². The number of fused-ring (bicyclic) bond motifs is 1. The maximum Gasteiger partial charge on any atom is 0.251 e. The monoisotopic (exact) mass is 329 g/mol. The molecule has 3 rings (SSSR count). The van der Waals surface area contributed by atoms with Crippen LogP contribution in [-0.2, 0) is 6.54 Å². The summed E-state index contributed by atoms with van der Waals surface area (Å²) in [5.41, 5.74) is 2.47. The van der Waals surface area contributed by atoms with Gasteiger partial charge in [-0.05, 0) is 36.4 Å². The third-order valence-electron chi connectivity index (χ3n) is 2.94. The number of amides is 1. The highest BCUT2D eigenvalue weighted by Crippen LogP contribution is 2.12. The number of rotatable bonds is 3. The SMILES string of the molecule is O=C(NCc1cc2ccccn2n1)c1cccc(Br)c1. The van der Waals surface area contributed by atoms with Crippen molar-refractivity contribution in [3.63, 3.8) is 0 Å². The molecule has 1 aromatic carbocycles. The number of nitrogens with zero attached hydrogens (tertiary/aromatic N) is 2. The molecule has 1 N–H and O–H groups in total. The van der Waals surface area contributed by atoms with Crippen molar-refractivity contribution < 1.29 is 4.79 Å². The number of hydrogen-bond acceptors (Lipinski definition) is 2. The summed E-state index contributed by atoms with van der Waals surface area (Å²) >= 11 is 3.35. The molecule has 2 heterocycles. The fourth-order valence-corrected chi connectivity index (χ4v) is 2.38. The normalized spacial score (nSPS) is 10.7. The highest BCUT2D eigenvalue weighted by Gasteiger charge is 2.07. The summed E-state index contributed by atoms with van der Waals surface area (Å²) in [5.74, 6) is -0.108. The molecule has 0 saturated heterocycles. The maximum atomic E-state index is 12.0. The smallest absolute Gasteiger partial charge is 0.251 e. The molecule has 3 aromatic rings. The van der Waals surface area contributed by atoms with Crippen molar-refractivity contribution in [2.24, 2.45) is 0 Å². The number of pyridine rings is 1. The van der Waals surface area contributed by atoms with Gasteiger partial charge in [0.05, 0.1) is 17.8 Å². The van der Waals surface area contributed by atoms with Crippen LogP contribution in [0.4, 0.5) is 0 Å². The van der Waals surface area contributed by atoms with Gasteiger partial charge in [-0.25, -0.2) is 4.52 Å². The Morgan fingerprint density at radius 3 is 2.90 bits per heavy atom. The van der Waals surface area contributed by atoms with Gasteiger partial charge in [-0.15, -0.1) is 0 Å². The van der Waals surface area contributed by atoms with Gasteiger partial charge in [0.2, 0.25) is 0 Å². The first-order valence-electron chi connectivity index (χ1n) is 6.19. The predicted molar refractivity (Wildman–Crippen MR) is 80.5 cm³/mol. The van der Waals surface area contributed by atoms with Crippen LogP contribution < -0.4 is 5.32 Å². The minimum atomic E-state index is -0.108. The quantitative estimate of drug-likeness (QED) is 0.802. The Hall–Kier alpha value is -2.14. The van der Waals surface area contributed by atoms with Crippen LogP contribution in [0.2, 0.25) is 0 Å². The molecule has 100 valence electrons. The van der Waals surface area contributed by atoms with E-state index in [1.54, 1.807) is 16.6 Å². The Kier molecular flexibility index (Phi) is 3.52. The Labute approximate surface area is 124 Å². The van der Waals surface area contributed by atoms with Gasteiger partial charge < -0.3 is 5.32 Å². The number of benzene rings is 1. The molecule has 0 aliphatic rings. The predicted octanol–water partition coefficient (Wildman–Crippen LogP) is 3.03. The van der Waals surface area contributed by atoms with Crippen molar-refractivity contribution in [2.45, 2.75) is 6.54 Å². The summed E-state index contributed by atoms with van der Waals surface area (Å²) in [6.45, 7) is 0.410. The lowest BCUT2D eigenvalue weighted by atomic mass is 10.2. The van der Waals surface area contributed by atoms with E-state index in [1.165, 1.54) is 0 Å². The van der Waals surface area contributed by atoms with Crippen LogP contribution in [0.5, 0.6) is 0 Å². The van der Waals surface area contributed by atoms with Crippen LogP contribution in [0.1, 0.15) is 16.1 Å². The summed E-state index contributed by atoms with van der Waals surface area (Å²) < 4.78 is 2.68. The topological polar surface area (TPSA) is 46.4 Å². The van der Waals surface area contributed by atoms with E-state index in [2.05, 4.69) is 26.3 Å². The molecule has 0 unspecified atom stereocenters. The number of aromatic nitrogens is 2. The van der Waals surface area contributed by atoms with Crippen molar-refractivity contribution >= 4 is 27.4 Å². The van der Waals surface area contributed by atoms with Crippen LogP contribution in [0.15, 0.2) is 59.2 Å². The summed E-state index contributed by atoms with van der Waals surface area (Å²) in [7, 11) is 0. The summed E-state index contributed by atoms with van der Waals surface area (Å²) in [6, 6.07) is 15.1. The van der Waals surface area contributed by atoms with Gasteiger partial charge in [0.15, 0.2) is 0 Å². The number of carbonyl (C=O) groups excluding carboxylic acids is 1. The molecular formula is C15H12BrN3O. The molecule has 0 fully saturated rings. The van der Waals surface area contributed by atoms with E-state index in [4.69, 9.17) is 0 Å². The van der Waals surface area contributed by atoms with Crippen LogP contribution in [0, 0.1) is 0 Å². The number of halogens is 1. The second-order valence-electron chi connectivity index (χ2n) is 4.40. The zero-order chi connectivity index (χ0) is 13.9. The molecule has 2 aromatic heterocycles. The molecule has 0 bridgehead atoms. The van der Waals surface area contributed by atoms with Gasteiger partial charge in [0.25, 0.3) is 5.91 Å². The standard InChI is InChI=1S/C15H12BrN3O/c16-12-5-3-4-11(8-12)15(20)17-10-13-9-14-6-1-2-7-19(14)18-13/h1-9H,10H2,(H,17,20). The van der Waals surface area contributed by atoms with E-state index in [0.717, 1.165) is 15.7 Å². The average molecular weight is 330 g/mol. The largest absolute Gasteiger partial charge is 0.346 e. The van der Waals surface area contributed by atoms with Gasteiger partial charge in [-0.3, -0.25) is 4.79 Å². The minimum absolute atomic E-state index is 0.108. The van der Waals surface area contributed by atoms with E-state index < -0.39 is 0 Å². The lowest BCUT2D eigenvalue weighted by Gasteiger charge is -2.03. The molecule has 0 aliphatic carbocycles. The van der Waals surface area contributed by atoms with E-state index in [-0.39, 0.29) is 5.91 Å². The molecule has 1 amide bonds. The zero-order valence-corrected chi connectivity index (χ0v) is 12.2. The summed E-state index contributed by atoms with van der Waals surface area (Å²) in [5, 5.41) is 7.26. The Morgan fingerprint density at radius 2 is 2.10 bits per heavy atom. The highest BCUT2D eigenvalue weighted by atomic mass is 79.9. The van der Waals surface area contributed by atoms with Gasteiger partial charge in [0, 0.05) is 16.2 Å². The van der Waals surface area contributed by atoms with E-state index in [0.29, 0.717) is 12.1 Å². The van der Waals surface area contributed by atoms with Gasteiger partial charge in [-0.1, -0.05) is 28.1 Å². The van der Waals surface area contributed by atoms with Crippen LogP contribution in [-0.4, -0.2) is 15.5 Å². The first-order chi connectivity index (χ1) is 9.72. The van der Waals surface area contributed by atoms with E-state index >= 15 is 0 Å². The van der Waals surface area contributed by atoms with Crippen molar-refractivity contribution in [3.05, 3.63) is 70.5 Å². The molecule has 0 aliphatic heterocycles. The van der Waals surface area contributed by atoms with Crippen molar-refractivity contribution in [1.82, 2.24) is 14.9 Å². The third-order valence-corrected chi connectivity index (χ3v) is 3.43. The Balaban J connectivity index is 1.71. The molecule has 4 nitrogen and oxygen atoms in total. The zero-order valence-electron chi connectivity index (χ0n) is 10.6. The van der Waals surface area contributed by atoms with Gasteiger partial charge >= 0.3 is 0 Å².